The smallest absolute Gasteiger partial charge is 0.123 e. The molecule has 1 aromatic carbocycles. The van der Waals surface area contributed by atoms with Crippen molar-refractivity contribution >= 4 is 11.4 Å². The normalized spacial score (nSPS) is 18.0. The summed E-state index contributed by atoms with van der Waals surface area (Å²) in [5.41, 5.74) is 6.67. The molecule has 112 valence electrons. The molecular formula is C15H24N2O3. The number of anilines is 2. The third-order valence-corrected chi connectivity index (χ3v) is 3.35. The molecule has 1 fully saturated rings. The fraction of sp³-hybridized carbons (Fsp3) is 0.600. The first-order valence-corrected chi connectivity index (χ1v) is 7.08. The molecule has 1 aliphatic heterocycles. The van der Waals surface area contributed by atoms with Crippen LogP contribution in [0.5, 0.6) is 5.75 Å². The SMILES string of the molecule is CC(C)Oc1cc(N)cc(NCC2(O)CCOCC2)c1. The van der Waals surface area contributed by atoms with Crippen molar-refractivity contribution in [2.24, 2.45) is 0 Å². The van der Waals surface area contributed by atoms with E-state index in [0.29, 0.717) is 38.3 Å². The van der Waals surface area contributed by atoms with E-state index in [0.717, 1.165) is 11.4 Å². The van der Waals surface area contributed by atoms with Gasteiger partial charge in [0.25, 0.3) is 0 Å². The quantitative estimate of drug-likeness (QED) is 0.719. The van der Waals surface area contributed by atoms with Gasteiger partial charge >= 0.3 is 0 Å². The highest BCUT2D eigenvalue weighted by atomic mass is 16.5. The van der Waals surface area contributed by atoms with Gasteiger partial charge in [-0.1, -0.05) is 0 Å². The lowest BCUT2D eigenvalue weighted by Gasteiger charge is -2.32. The molecule has 1 saturated heterocycles. The Hall–Kier alpha value is -1.46. The minimum atomic E-state index is -0.706. The standard InChI is InChI=1S/C15H24N2O3/c1-11(2)20-14-8-12(16)7-13(9-14)17-10-15(18)3-5-19-6-4-15/h7-9,11,17-18H,3-6,10,16H2,1-2H3. The maximum absolute atomic E-state index is 10.4. The van der Waals surface area contributed by atoms with Crippen LogP contribution in [0.15, 0.2) is 18.2 Å². The maximum Gasteiger partial charge on any atom is 0.123 e. The van der Waals surface area contributed by atoms with Gasteiger partial charge in [-0.3, -0.25) is 0 Å². The molecule has 0 saturated carbocycles. The molecule has 20 heavy (non-hydrogen) atoms. The zero-order chi connectivity index (χ0) is 14.6. The Balaban J connectivity index is 1.99. The molecule has 0 radical (unpaired) electrons. The van der Waals surface area contributed by atoms with Gasteiger partial charge < -0.3 is 25.6 Å². The number of aliphatic hydroxyl groups is 1. The van der Waals surface area contributed by atoms with Gasteiger partial charge in [0.05, 0.1) is 11.7 Å². The van der Waals surface area contributed by atoms with Crippen molar-refractivity contribution in [3.05, 3.63) is 18.2 Å². The molecule has 0 aromatic heterocycles. The van der Waals surface area contributed by atoms with E-state index in [9.17, 15) is 5.11 Å². The van der Waals surface area contributed by atoms with Gasteiger partial charge in [-0.25, -0.2) is 0 Å². The van der Waals surface area contributed by atoms with Crippen molar-refractivity contribution in [3.8, 4) is 5.75 Å². The second kappa shape index (κ2) is 6.33. The Morgan fingerprint density at radius 2 is 2.05 bits per heavy atom. The molecule has 5 nitrogen and oxygen atoms in total. The predicted octanol–water partition coefficient (Wildman–Crippen LogP) is 2.01. The lowest BCUT2D eigenvalue weighted by Crippen LogP contribution is -2.42. The molecule has 4 N–H and O–H groups in total. The van der Waals surface area contributed by atoms with E-state index in [1.54, 1.807) is 6.07 Å². The predicted molar refractivity (Wildman–Crippen MR) is 80.1 cm³/mol. The lowest BCUT2D eigenvalue weighted by molar-refractivity contribution is -0.0543. The van der Waals surface area contributed by atoms with Crippen molar-refractivity contribution in [1.29, 1.82) is 0 Å². The second-order valence-corrected chi connectivity index (χ2v) is 5.65. The van der Waals surface area contributed by atoms with Crippen LogP contribution in [0.3, 0.4) is 0 Å². The third-order valence-electron chi connectivity index (χ3n) is 3.35. The lowest BCUT2D eigenvalue weighted by atomic mass is 9.94. The fourth-order valence-corrected chi connectivity index (χ4v) is 2.26. The Bertz CT molecular complexity index is 443. The Morgan fingerprint density at radius 1 is 1.35 bits per heavy atom. The molecular weight excluding hydrogens is 256 g/mol. The monoisotopic (exact) mass is 280 g/mol. The first-order chi connectivity index (χ1) is 9.47. The van der Waals surface area contributed by atoms with Gasteiger partial charge in [-0.2, -0.15) is 0 Å². The third kappa shape index (κ3) is 4.28. The number of rotatable bonds is 5. The summed E-state index contributed by atoms with van der Waals surface area (Å²) in [6, 6.07) is 5.54. The molecule has 1 aliphatic rings. The number of nitrogens with one attached hydrogen (secondary N) is 1. The summed E-state index contributed by atoms with van der Waals surface area (Å²) in [5, 5.41) is 13.7. The van der Waals surface area contributed by atoms with Crippen molar-refractivity contribution in [1.82, 2.24) is 0 Å². The van der Waals surface area contributed by atoms with Crippen LogP contribution in [0.25, 0.3) is 0 Å². The average Bonchev–Trinajstić information content (AvgIpc) is 2.36. The summed E-state index contributed by atoms with van der Waals surface area (Å²) in [6.45, 7) is 5.65. The van der Waals surface area contributed by atoms with Crippen LogP contribution in [0.1, 0.15) is 26.7 Å². The molecule has 0 atom stereocenters. The van der Waals surface area contributed by atoms with Gasteiger partial charge in [0.1, 0.15) is 5.75 Å². The summed E-state index contributed by atoms with van der Waals surface area (Å²) in [7, 11) is 0. The van der Waals surface area contributed by atoms with E-state index in [4.69, 9.17) is 15.2 Å². The minimum Gasteiger partial charge on any atom is -0.491 e. The molecule has 2 rings (SSSR count). The number of nitrogen functional groups attached to an aromatic ring is 1. The molecule has 1 aromatic rings. The van der Waals surface area contributed by atoms with Crippen LogP contribution >= 0.6 is 0 Å². The largest absolute Gasteiger partial charge is 0.491 e. The summed E-state index contributed by atoms with van der Waals surface area (Å²) < 4.78 is 10.9. The van der Waals surface area contributed by atoms with E-state index < -0.39 is 5.60 Å². The number of hydrogen-bond donors (Lipinski definition) is 3. The topological polar surface area (TPSA) is 76.7 Å². The zero-order valence-corrected chi connectivity index (χ0v) is 12.2. The molecule has 1 heterocycles. The van der Waals surface area contributed by atoms with Gasteiger partial charge in [0, 0.05) is 56.1 Å². The van der Waals surface area contributed by atoms with E-state index in [2.05, 4.69) is 5.32 Å². The van der Waals surface area contributed by atoms with Gasteiger partial charge in [0.15, 0.2) is 0 Å². The minimum absolute atomic E-state index is 0.101. The first-order valence-electron chi connectivity index (χ1n) is 7.08. The van der Waals surface area contributed by atoms with E-state index in [1.807, 2.05) is 26.0 Å². The number of ether oxygens (including phenoxy) is 2. The summed E-state index contributed by atoms with van der Waals surface area (Å²) in [6.07, 6.45) is 1.40. The van der Waals surface area contributed by atoms with E-state index in [-0.39, 0.29) is 6.10 Å². The fourth-order valence-electron chi connectivity index (χ4n) is 2.26. The van der Waals surface area contributed by atoms with Crippen molar-refractivity contribution in [2.75, 3.05) is 30.8 Å². The van der Waals surface area contributed by atoms with Crippen LogP contribution in [0, 0.1) is 0 Å². The van der Waals surface area contributed by atoms with Crippen LogP contribution in [-0.4, -0.2) is 36.6 Å². The van der Waals surface area contributed by atoms with Gasteiger partial charge in [-0.15, -0.1) is 0 Å². The summed E-state index contributed by atoms with van der Waals surface area (Å²) >= 11 is 0. The number of hydrogen-bond acceptors (Lipinski definition) is 5. The van der Waals surface area contributed by atoms with Crippen molar-refractivity contribution < 1.29 is 14.6 Å². The molecule has 0 spiro atoms. The first kappa shape index (κ1) is 14.9. The van der Waals surface area contributed by atoms with Crippen LogP contribution < -0.4 is 15.8 Å². The summed E-state index contributed by atoms with van der Waals surface area (Å²) in [4.78, 5) is 0. The highest BCUT2D eigenvalue weighted by molar-refractivity contribution is 5.59. The Kier molecular flexibility index (Phi) is 4.73. The van der Waals surface area contributed by atoms with E-state index >= 15 is 0 Å². The number of nitrogens with two attached hydrogens (primary N) is 1. The Morgan fingerprint density at radius 3 is 2.70 bits per heavy atom. The maximum atomic E-state index is 10.4. The number of benzene rings is 1. The van der Waals surface area contributed by atoms with Crippen molar-refractivity contribution in [2.45, 2.75) is 38.4 Å². The zero-order valence-electron chi connectivity index (χ0n) is 12.2. The molecule has 0 unspecified atom stereocenters. The van der Waals surface area contributed by atoms with Gasteiger partial charge in [0.2, 0.25) is 0 Å². The van der Waals surface area contributed by atoms with Crippen LogP contribution in [0.2, 0.25) is 0 Å². The van der Waals surface area contributed by atoms with Crippen molar-refractivity contribution in [3.63, 3.8) is 0 Å². The summed E-state index contributed by atoms with van der Waals surface area (Å²) in [5.74, 6) is 0.737. The second-order valence-electron chi connectivity index (χ2n) is 5.65. The highest BCUT2D eigenvalue weighted by Crippen LogP contribution is 2.26. The Labute approximate surface area is 120 Å². The molecule has 5 heteroatoms. The van der Waals surface area contributed by atoms with Gasteiger partial charge in [-0.05, 0) is 19.9 Å². The average molecular weight is 280 g/mol. The molecule has 0 amide bonds. The molecule has 0 bridgehead atoms. The molecule has 0 aliphatic carbocycles. The highest BCUT2D eigenvalue weighted by Gasteiger charge is 2.29. The van der Waals surface area contributed by atoms with E-state index in [1.165, 1.54) is 0 Å². The van der Waals surface area contributed by atoms with Crippen LogP contribution in [-0.2, 0) is 4.74 Å². The van der Waals surface area contributed by atoms with Crippen LogP contribution in [0.4, 0.5) is 11.4 Å².